The minimum atomic E-state index is -0.134. The van der Waals surface area contributed by atoms with Crippen molar-refractivity contribution in [3.8, 4) is 0 Å². The molecule has 3 N–H and O–H groups in total. The van der Waals surface area contributed by atoms with E-state index in [1.54, 1.807) is 18.2 Å². The summed E-state index contributed by atoms with van der Waals surface area (Å²) >= 11 is 0. The molecule has 106 valence electrons. The number of carbonyl (C=O) groups is 1. The van der Waals surface area contributed by atoms with Crippen molar-refractivity contribution >= 4 is 22.6 Å². The monoisotopic (exact) mass is 272 g/mol. The second kappa shape index (κ2) is 5.57. The van der Waals surface area contributed by atoms with Crippen LogP contribution < -0.4 is 11.1 Å². The number of nitrogen functional groups attached to an aromatic ring is 1. The zero-order valence-corrected chi connectivity index (χ0v) is 11.5. The number of hydrogen-bond acceptors (Lipinski definition) is 3. The number of anilines is 1. The molecule has 4 heteroatoms. The fourth-order valence-corrected chi connectivity index (χ4v) is 2.89. The third kappa shape index (κ3) is 2.79. The van der Waals surface area contributed by atoms with Crippen LogP contribution in [0, 0.1) is 5.92 Å². The molecule has 1 aromatic heterocycles. The first-order chi connectivity index (χ1) is 9.72. The van der Waals surface area contributed by atoms with Crippen LogP contribution in [0.2, 0.25) is 0 Å². The van der Waals surface area contributed by atoms with Crippen LogP contribution in [-0.2, 0) is 0 Å². The van der Waals surface area contributed by atoms with E-state index < -0.39 is 0 Å². The lowest BCUT2D eigenvalue weighted by Crippen LogP contribution is -2.29. The van der Waals surface area contributed by atoms with E-state index in [-0.39, 0.29) is 5.91 Å². The quantitative estimate of drug-likeness (QED) is 0.842. The zero-order chi connectivity index (χ0) is 13.9. The second-order valence-corrected chi connectivity index (χ2v) is 5.62. The van der Waals surface area contributed by atoms with Crippen molar-refractivity contribution in [1.29, 1.82) is 0 Å². The molecule has 1 amide bonds. The highest BCUT2D eigenvalue weighted by Crippen LogP contribution is 2.24. The summed E-state index contributed by atoms with van der Waals surface area (Å²) in [6.07, 6.45) is 6.33. The Labute approximate surface area is 118 Å². The molecule has 1 aliphatic carbocycles. The van der Waals surface area contributed by atoms with Gasteiger partial charge < -0.3 is 15.5 Å². The van der Waals surface area contributed by atoms with Crippen LogP contribution in [0.4, 0.5) is 5.69 Å². The smallest absolute Gasteiger partial charge is 0.287 e. The van der Waals surface area contributed by atoms with Gasteiger partial charge in [0.15, 0.2) is 5.76 Å². The number of nitrogens with two attached hydrogens (primary N) is 1. The highest BCUT2D eigenvalue weighted by atomic mass is 16.3. The molecular formula is C16H20N2O2. The van der Waals surface area contributed by atoms with Crippen LogP contribution in [0.15, 0.2) is 28.7 Å². The lowest BCUT2D eigenvalue weighted by molar-refractivity contribution is 0.0918. The lowest BCUT2D eigenvalue weighted by atomic mass is 9.89. The molecule has 1 fully saturated rings. The third-order valence-electron chi connectivity index (χ3n) is 4.04. The maximum absolute atomic E-state index is 12.1. The van der Waals surface area contributed by atoms with Gasteiger partial charge in [0.25, 0.3) is 5.91 Å². The molecule has 1 aromatic carbocycles. The largest absolute Gasteiger partial charge is 0.451 e. The van der Waals surface area contributed by atoms with Gasteiger partial charge in [-0.15, -0.1) is 0 Å². The molecule has 4 nitrogen and oxygen atoms in total. The van der Waals surface area contributed by atoms with Crippen LogP contribution in [-0.4, -0.2) is 12.5 Å². The Morgan fingerprint density at radius 2 is 2.05 bits per heavy atom. The first kappa shape index (κ1) is 13.0. The lowest BCUT2D eigenvalue weighted by Gasteiger charge is -2.21. The van der Waals surface area contributed by atoms with E-state index in [0.29, 0.717) is 22.9 Å². The van der Waals surface area contributed by atoms with Gasteiger partial charge in [0, 0.05) is 17.6 Å². The molecule has 0 bridgehead atoms. The summed E-state index contributed by atoms with van der Waals surface area (Å²) < 4.78 is 5.56. The van der Waals surface area contributed by atoms with Gasteiger partial charge in [0.2, 0.25) is 0 Å². The topological polar surface area (TPSA) is 68.3 Å². The molecule has 0 atom stereocenters. The molecule has 1 saturated carbocycles. The van der Waals surface area contributed by atoms with Crippen molar-refractivity contribution in [3.63, 3.8) is 0 Å². The van der Waals surface area contributed by atoms with Gasteiger partial charge in [-0.3, -0.25) is 4.79 Å². The molecule has 0 spiro atoms. The van der Waals surface area contributed by atoms with Gasteiger partial charge >= 0.3 is 0 Å². The summed E-state index contributed by atoms with van der Waals surface area (Å²) in [5.74, 6) is 0.847. The van der Waals surface area contributed by atoms with Crippen LogP contribution in [0.5, 0.6) is 0 Å². The van der Waals surface area contributed by atoms with Gasteiger partial charge in [-0.25, -0.2) is 0 Å². The number of benzene rings is 1. The fraction of sp³-hybridized carbons (Fsp3) is 0.438. The molecule has 0 saturated heterocycles. The highest BCUT2D eigenvalue weighted by Gasteiger charge is 2.17. The SMILES string of the molecule is Nc1ccc2oc(C(=O)NCC3CCCCC3)cc2c1. The van der Waals surface area contributed by atoms with Crippen LogP contribution in [0.25, 0.3) is 11.0 Å². The number of nitrogens with one attached hydrogen (secondary N) is 1. The van der Waals surface area contributed by atoms with Gasteiger partial charge in [-0.1, -0.05) is 19.3 Å². The Balaban J connectivity index is 1.65. The summed E-state index contributed by atoms with van der Waals surface area (Å²) in [5, 5.41) is 3.85. The van der Waals surface area contributed by atoms with E-state index in [0.717, 1.165) is 11.9 Å². The summed E-state index contributed by atoms with van der Waals surface area (Å²) in [5.41, 5.74) is 7.09. The van der Waals surface area contributed by atoms with Gasteiger partial charge in [0.1, 0.15) is 5.58 Å². The molecule has 1 aliphatic rings. The van der Waals surface area contributed by atoms with Gasteiger partial charge in [0.05, 0.1) is 0 Å². The molecule has 2 aromatic rings. The highest BCUT2D eigenvalue weighted by molar-refractivity contribution is 5.96. The summed E-state index contributed by atoms with van der Waals surface area (Å²) in [6.45, 7) is 0.748. The Morgan fingerprint density at radius 1 is 1.25 bits per heavy atom. The van der Waals surface area contributed by atoms with E-state index in [2.05, 4.69) is 5.32 Å². The summed E-state index contributed by atoms with van der Waals surface area (Å²) in [6, 6.07) is 7.14. The molecule has 0 unspecified atom stereocenters. The summed E-state index contributed by atoms with van der Waals surface area (Å²) in [4.78, 5) is 12.1. The zero-order valence-electron chi connectivity index (χ0n) is 11.5. The van der Waals surface area contributed by atoms with Crippen molar-refractivity contribution in [2.24, 2.45) is 5.92 Å². The molecule has 0 aliphatic heterocycles. The van der Waals surface area contributed by atoms with Crippen LogP contribution in [0.1, 0.15) is 42.7 Å². The van der Waals surface area contributed by atoms with E-state index >= 15 is 0 Å². The number of furan rings is 1. The van der Waals surface area contributed by atoms with Crippen molar-refractivity contribution in [1.82, 2.24) is 5.32 Å². The minimum Gasteiger partial charge on any atom is -0.451 e. The average Bonchev–Trinajstić information content (AvgIpc) is 2.89. The number of fused-ring (bicyclic) bond motifs is 1. The predicted octanol–water partition coefficient (Wildman–Crippen LogP) is 3.33. The third-order valence-corrected chi connectivity index (χ3v) is 4.04. The molecular weight excluding hydrogens is 252 g/mol. The maximum Gasteiger partial charge on any atom is 0.287 e. The van der Waals surface area contributed by atoms with E-state index in [1.807, 2.05) is 6.07 Å². The molecule has 20 heavy (non-hydrogen) atoms. The maximum atomic E-state index is 12.1. The van der Waals surface area contributed by atoms with E-state index in [1.165, 1.54) is 32.1 Å². The van der Waals surface area contributed by atoms with Crippen molar-refractivity contribution < 1.29 is 9.21 Å². The second-order valence-electron chi connectivity index (χ2n) is 5.62. The number of rotatable bonds is 3. The van der Waals surface area contributed by atoms with Crippen molar-refractivity contribution in [2.45, 2.75) is 32.1 Å². The van der Waals surface area contributed by atoms with Crippen molar-refractivity contribution in [2.75, 3.05) is 12.3 Å². The normalized spacial score (nSPS) is 16.4. The average molecular weight is 272 g/mol. The Morgan fingerprint density at radius 3 is 2.85 bits per heavy atom. The number of amides is 1. The van der Waals surface area contributed by atoms with Gasteiger partial charge in [-0.05, 0) is 43.0 Å². The predicted molar refractivity (Wildman–Crippen MR) is 79.5 cm³/mol. The first-order valence-corrected chi connectivity index (χ1v) is 7.29. The van der Waals surface area contributed by atoms with E-state index in [9.17, 15) is 4.79 Å². The van der Waals surface area contributed by atoms with Crippen LogP contribution >= 0.6 is 0 Å². The Hall–Kier alpha value is -1.97. The first-order valence-electron chi connectivity index (χ1n) is 7.29. The van der Waals surface area contributed by atoms with Crippen molar-refractivity contribution in [3.05, 3.63) is 30.0 Å². The van der Waals surface area contributed by atoms with E-state index in [4.69, 9.17) is 10.2 Å². The van der Waals surface area contributed by atoms with Crippen LogP contribution in [0.3, 0.4) is 0 Å². The molecule has 3 rings (SSSR count). The number of carbonyl (C=O) groups excluding carboxylic acids is 1. The van der Waals surface area contributed by atoms with Gasteiger partial charge in [-0.2, -0.15) is 0 Å². The Kier molecular flexibility index (Phi) is 3.63. The number of hydrogen-bond donors (Lipinski definition) is 2. The molecule has 1 heterocycles. The fourth-order valence-electron chi connectivity index (χ4n) is 2.89. The standard InChI is InChI=1S/C16H20N2O2/c17-13-6-7-14-12(8-13)9-15(20-14)16(19)18-10-11-4-2-1-3-5-11/h6-9,11H,1-5,10,17H2,(H,18,19). The minimum absolute atomic E-state index is 0.134. The molecule has 0 radical (unpaired) electrons. The Bertz CT molecular complexity index is 612. The summed E-state index contributed by atoms with van der Waals surface area (Å²) in [7, 11) is 0.